The van der Waals surface area contributed by atoms with Crippen molar-refractivity contribution in [3.05, 3.63) is 0 Å². The number of hydrogen-bond donors (Lipinski definition) is 2. The molecule has 1 fully saturated rings. The fraction of sp³-hybridized carbons (Fsp3) is 0.857. The molecular weight excluding hydrogens is 192 g/mol. The van der Waals surface area contributed by atoms with Crippen molar-refractivity contribution in [3.8, 4) is 0 Å². The lowest BCUT2D eigenvalue weighted by Gasteiger charge is -2.04. The SMILES string of the molecule is CC(C)C1CC1S(=O)(=O)NC(N)=O. The van der Waals surface area contributed by atoms with E-state index in [4.69, 9.17) is 5.73 Å². The van der Waals surface area contributed by atoms with Crippen molar-refractivity contribution >= 4 is 16.1 Å². The summed E-state index contributed by atoms with van der Waals surface area (Å²) >= 11 is 0. The van der Waals surface area contributed by atoms with Crippen LogP contribution in [0, 0.1) is 11.8 Å². The largest absolute Gasteiger partial charge is 0.351 e. The van der Waals surface area contributed by atoms with E-state index in [1.165, 1.54) is 0 Å². The van der Waals surface area contributed by atoms with E-state index in [9.17, 15) is 13.2 Å². The summed E-state index contributed by atoms with van der Waals surface area (Å²) in [4.78, 5) is 10.4. The van der Waals surface area contributed by atoms with E-state index in [0.29, 0.717) is 12.3 Å². The zero-order valence-electron chi connectivity index (χ0n) is 7.65. The van der Waals surface area contributed by atoms with Crippen LogP contribution in [-0.4, -0.2) is 19.7 Å². The molecule has 0 aromatic rings. The summed E-state index contributed by atoms with van der Waals surface area (Å²) in [6.45, 7) is 3.93. The van der Waals surface area contributed by atoms with Crippen molar-refractivity contribution in [3.63, 3.8) is 0 Å². The number of sulfonamides is 1. The molecule has 1 aliphatic carbocycles. The molecule has 1 rings (SSSR count). The molecule has 0 aliphatic heterocycles. The monoisotopic (exact) mass is 206 g/mol. The van der Waals surface area contributed by atoms with Crippen LogP contribution in [0.25, 0.3) is 0 Å². The van der Waals surface area contributed by atoms with Gasteiger partial charge in [-0.05, 0) is 18.3 Å². The van der Waals surface area contributed by atoms with Gasteiger partial charge in [0, 0.05) is 0 Å². The Morgan fingerprint density at radius 1 is 1.54 bits per heavy atom. The molecule has 6 heteroatoms. The Labute approximate surface area is 77.7 Å². The van der Waals surface area contributed by atoms with Crippen molar-refractivity contribution in [1.29, 1.82) is 0 Å². The van der Waals surface area contributed by atoms with E-state index in [1.54, 1.807) is 4.72 Å². The number of carbonyl (C=O) groups excluding carboxylic acids is 1. The van der Waals surface area contributed by atoms with Crippen LogP contribution >= 0.6 is 0 Å². The smallest absolute Gasteiger partial charge is 0.325 e. The minimum atomic E-state index is -3.51. The number of amides is 2. The van der Waals surface area contributed by atoms with Crippen molar-refractivity contribution in [2.24, 2.45) is 17.6 Å². The average molecular weight is 206 g/mol. The van der Waals surface area contributed by atoms with Crippen molar-refractivity contribution in [1.82, 2.24) is 4.72 Å². The van der Waals surface area contributed by atoms with Gasteiger partial charge in [0.25, 0.3) is 0 Å². The summed E-state index contributed by atoms with van der Waals surface area (Å²) in [7, 11) is -3.51. The molecule has 0 heterocycles. The first-order valence-electron chi connectivity index (χ1n) is 4.15. The van der Waals surface area contributed by atoms with Gasteiger partial charge in [-0.25, -0.2) is 17.9 Å². The fourth-order valence-corrected chi connectivity index (χ4v) is 3.15. The summed E-state index contributed by atoms with van der Waals surface area (Å²) in [6.07, 6.45) is 0.625. The van der Waals surface area contributed by atoms with E-state index in [2.05, 4.69) is 0 Å². The van der Waals surface area contributed by atoms with Crippen LogP contribution in [0.4, 0.5) is 4.79 Å². The molecule has 2 amide bonds. The minimum absolute atomic E-state index is 0.164. The van der Waals surface area contributed by atoms with Crippen LogP contribution < -0.4 is 10.5 Å². The summed E-state index contributed by atoms with van der Waals surface area (Å²) in [5.41, 5.74) is 4.74. The van der Waals surface area contributed by atoms with Crippen LogP contribution in [0.2, 0.25) is 0 Å². The van der Waals surface area contributed by atoms with Crippen molar-refractivity contribution in [2.45, 2.75) is 25.5 Å². The number of nitrogens with two attached hydrogens (primary N) is 1. The second-order valence-electron chi connectivity index (χ2n) is 3.69. The van der Waals surface area contributed by atoms with Crippen LogP contribution in [-0.2, 0) is 10.0 Å². The topological polar surface area (TPSA) is 89.3 Å². The Hall–Kier alpha value is -0.780. The number of primary amides is 1. The molecule has 0 aromatic carbocycles. The predicted molar refractivity (Wildman–Crippen MR) is 48.4 cm³/mol. The summed E-state index contributed by atoms with van der Waals surface area (Å²) in [6, 6.07) is -1.01. The molecule has 0 aromatic heterocycles. The summed E-state index contributed by atoms with van der Waals surface area (Å²) in [5.74, 6) is 0.492. The molecule has 2 unspecified atom stereocenters. The van der Waals surface area contributed by atoms with Crippen molar-refractivity contribution < 1.29 is 13.2 Å². The van der Waals surface area contributed by atoms with E-state index in [0.717, 1.165) is 0 Å². The standard InChI is InChI=1S/C7H14N2O3S/c1-4(2)5-3-6(5)13(11,12)9-7(8)10/h4-6H,3H2,1-2H3,(H3,8,9,10). The van der Waals surface area contributed by atoms with Gasteiger partial charge in [-0.1, -0.05) is 13.8 Å². The van der Waals surface area contributed by atoms with E-state index < -0.39 is 21.3 Å². The molecule has 1 aliphatic rings. The number of urea groups is 1. The Morgan fingerprint density at radius 2 is 2.08 bits per heavy atom. The molecule has 0 spiro atoms. The van der Waals surface area contributed by atoms with Crippen LogP contribution in [0.5, 0.6) is 0 Å². The Balaban J connectivity index is 2.60. The van der Waals surface area contributed by atoms with Gasteiger partial charge in [-0.3, -0.25) is 0 Å². The van der Waals surface area contributed by atoms with Crippen LogP contribution in [0.3, 0.4) is 0 Å². The highest BCUT2D eigenvalue weighted by atomic mass is 32.2. The van der Waals surface area contributed by atoms with Crippen molar-refractivity contribution in [2.75, 3.05) is 0 Å². The fourth-order valence-electron chi connectivity index (χ4n) is 1.46. The maximum absolute atomic E-state index is 11.3. The van der Waals surface area contributed by atoms with Gasteiger partial charge in [0.2, 0.25) is 10.0 Å². The van der Waals surface area contributed by atoms with Gasteiger partial charge in [0.1, 0.15) is 0 Å². The number of rotatable bonds is 3. The zero-order chi connectivity index (χ0) is 10.2. The molecule has 76 valence electrons. The molecule has 1 saturated carbocycles. The summed E-state index contributed by atoms with van der Waals surface area (Å²) < 4.78 is 24.4. The molecule has 0 bridgehead atoms. The normalized spacial score (nSPS) is 27.3. The Kier molecular flexibility index (Phi) is 2.51. The molecule has 0 radical (unpaired) electrons. The van der Waals surface area contributed by atoms with Crippen LogP contribution in [0.15, 0.2) is 0 Å². The lowest BCUT2D eigenvalue weighted by Crippen LogP contribution is -2.37. The van der Waals surface area contributed by atoms with Gasteiger partial charge in [-0.2, -0.15) is 0 Å². The molecule has 3 N–H and O–H groups in total. The zero-order valence-corrected chi connectivity index (χ0v) is 8.47. The average Bonchev–Trinajstić information content (AvgIpc) is 2.59. The number of nitrogens with one attached hydrogen (secondary N) is 1. The predicted octanol–water partition coefficient (Wildman–Crippen LogP) is 0.0290. The first-order chi connectivity index (χ1) is 5.84. The first kappa shape index (κ1) is 10.3. The maximum Gasteiger partial charge on any atom is 0.325 e. The molecular formula is C7H14N2O3S. The van der Waals surface area contributed by atoms with Gasteiger partial charge in [0.15, 0.2) is 0 Å². The highest BCUT2D eigenvalue weighted by Gasteiger charge is 2.49. The second kappa shape index (κ2) is 3.17. The van der Waals surface area contributed by atoms with E-state index >= 15 is 0 Å². The first-order valence-corrected chi connectivity index (χ1v) is 5.70. The van der Waals surface area contributed by atoms with Gasteiger partial charge < -0.3 is 5.73 Å². The highest BCUT2D eigenvalue weighted by Crippen LogP contribution is 2.42. The molecule has 5 nitrogen and oxygen atoms in total. The molecule has 2 atom stereocenters. The molecule has 13 heavy (non-hydrogen) atoms. The van der Waals surface area contributed by atoms with Crippen LogP contribution in [0.1, 0.15) is 20.3 Å². The third-order valence-corrected chi connectivity index (χ3v) is 4.10. The quantitative estimate of drug-likeness (QED) is 0.682. The Morgan fingerprint density at radius 3 is 2.38 bits per heavy atom. The Bertz CT molecular complexity index is 310. The minimum Gasteiger partial charge on any atom is -0.351 e. The van der Waals surface area contributed by atoms with E-state index in [-0.39, 0.29) is 5.92 Å². The number of hydrogen-bond acceptors (Lipinski definition) is 3. The summed E-state index contributed by atoms with van der Waals surface area (Å²) in [5, 5.41) is -0.431. The van der Waals surface area contributed by atoms with Gasteiger partial charge in [0.05, 0.1) is 5.25 Å². The lowest BCUT2D eigenvalue weighted by atomic mass is 10.1. The second-order valence-corrected chi connectivity index (χ2v) is 5.59. The third kappa shape index (κ3) is 2.33. The van der Waals surface area contributed by atoms with E-state index in [1.807, 2.05) is 13.8 Å². The van der Waals surface area contributed by atoms with Gasteiger partial charge in [-0.15, -0.1) is 0 Å². The maximum atomic E-state index is 11.3. The number of carbonyl (C=O) groups is 1. The third-order valence-electron chi connectivity index (χ3n) is 2.28. The van der Waals surface area contributed by atoms with Gasteiger partial charge >= 0.3 is 6.03 Å². The molecule has 0 saturated heterocycles. The highest BCUT2D eigenvalue weighted by molar-refractivity contribution is 7.91. The lowest BCUT2D eigenvalue weighted by molar-refractivity contribution is 0.253.